The molecule has 0 aromatic heterocycles. The van der Waals surface area contributed by atoms with Crippen molar-refractivity contribution in [3.05, 3.63) is 46.4 Å². The predicted molar refractivity (Wildman–Crippen MR) is 127 cm³/mol. The fourth-order valence-electron chi connectivity index (χ4n) is 3.66. The lowest BCUT2D eigenvalue weighted by molar-refractivity contribution is 0.211. The van der Waals surface area contributed by atoms with Gasteiger partial charge < -0.3 is 9.47 Å². The number of halogens is 2. The molecule has 0 bridgehead atoms. The summed E-state index contributed by atoms with van der Waals surface area (Å²) in [4.78, 5) is -0.0951. The third kappa shape index (κ3) is 5.41. The molecule has 2 aromatic carbocycles. The first kappa shape index (κ1) is 26.1. The van der Waals surface area contributed by atoms with E-state index >= 15 is 0 Å². The van der Waals surface area contributed by atoms with Gasteiger partial charge in [-0.25, -0.2) is 16.8 Å². The Labute approximate surface area is 205 Å². The van der Waals surface area contributed by atoms with Gasteiger partial charge in [0.15, 0.2) is 0 Å². The maximum atomic E-state index is 13.4. The van der Waals surface area contributed by atoms with Gasteiger partial charge in [0.05, 0.1) is 13.2 Å². The summed E-state index contributed by atoms with van der Waals surface area (Å²) in [6.07, 6.45) is 0. The molecule has 3 rings (SSSR count). The first-order chi connectivity index (χ1) is 15.5. The molecule has 8 nitrogen and oxygen atoms in total. The monoisotopic (exact) mass is 536 g/mol. The minimum atomic E-state index is -3.99. The van der Waals surface area contributed by atoms with Crippen LogP contribution in [0, 0.1) is 0 Å². The predicted octanol–water partition coefficient (Wildman–Crippen LogP) is 3.87. The Bertz CT molecular complexity index is 1220. The van der Waals surface area contributed by atoms with Gasteiger partial charge in [0.25, 0.3) is 0 Å². The molecule has 2 aromatic rings. The van der Waals surface area contributed by atoms with Crippen molar-refractivity contribution >= 4 is 43.2 Å². The maximum Gasteiger partial charge on any atom is 0.247 e. The Morgan fingerprint density at radius 3 is 1.79 bits per heavy atom. The molecule has 0 N–H and O–H groups in total. The number of nitrogens with zero attached hydrogens (tertiary/aromatic N) is 2. The van der Waals surface area contributed by atoms with Crippen LogP contribution in [0.4, 0.5) is 0 Å². The van der Waals surface area contributed by atoms with E-state index in [1.54, 1.807) is 32.9 Å². The van der Waals surface area contributed by atoms with Crippen molar-refractivity contribution in [3.63, 3.8) is 0 Å². The first-order valence-electron chi connectivity index (χ1n) is 10.4. The summed E-state index contributed by atoms with van der Waals surface area (Å²) in [6, 6.07) is 8.19. The Hall–Kier alpha value is -1.56. The largest absolute Gasteiger partial charge is 0.492 e. The normalized spacial score (nSPS) is 18.3. The van der Waals surface area contributed by atoms with Crippen LogP contribution in [-0.4, -0.2) is 64.3 Å². The Kier molecular flexibility index (Phi) is 8.19. The lowest BCUT2D eigenvalue weighted by atomic mass is 10.3. The van der Waals surface area contributed by atoms with Crippen LogP contribution in [0.15, 0.2) is 46.2 Å². The van der Waals surface area contributed by atoms with Crippen molar-refractivity contribution < 1.29 is 26.3 Å². The molecule has 12 heteroatoms. The van der Waals surface area contributed by atoms with Crippen LogP contribution in [0.25, 0.3) is 0 Å². The molecular formula is C21H26Cl2N2O6S2. The number of benzene rings is 2. The lowest BCUT2D eigenvalue weighted by Gasteiger charge is -2.38. The molecule has 0 radical (unpaired) electrons. The first-order valence-corrected chi connectivity index (χ1v) is 14.0. The van der Waals surface area contributed by atoms with E-state index in [9.17, 15) is 16.8 Å². The Balaban J connectivity index is 1.90. The number of ether oxygens (including phenoxy) is 2. The average molecular weight is 537 g/mol. The van der Waals surface area contributed by atoms with E-state index in [0.29, 0.717) is 0 Å². The van der Waals surface area contributed by atoms with Gasteiger partial charge in [0.2, 0.25) is 20.0 Å². The molecule has 0 unspecified atom stereocenters. The fourth-order valence-corrected chi connectivity index (χ4v) is 7.58. The molecule has 1 fully saturated rings. The summed E-state index contributed by atoms with van der Waals surface area (Å²) < 4.78 is 67.1. The molecule has 1 saturated heterocycles. The second kappa shape index (κ2) is 10.4. The maximum absolute atomic E-state index is 13.4. The highest BCUT2D eigenvalue weighted by Gasteiger charge is 2.40. The summed E-state index contributed by atoms with van der Waals surface area (Å²) in [6.45, 7) is 5.63. The van der Waals surface area contributed by atoms with Crippen molar-refractivity contribution in [3.8, 4) is 11.5 Å². The number of piperazine rings is 1. The fraction of sp³-hybridized carbons (Fsp3) is 0.429. The SMILES string of the molecule is CCOc1ccc(Cl)cc1S(=O)(=O)N1CCN(S(=O)(=O)c2cc(Cl)ccc2OCC)[C@@H](C)C1. The molecule has 0 amide bonds. The van der Waals surface area contributed by atoms with Crippen molar-refractivity contribution in [2.24, 2.45) is 0 Å². The van der Waals surface area contributed by atoms with Crippen LogP contribution in [0.5, 0.6) is 11.5 Å². The topological polar surface area (TPSA) is 93.2 Å². The second-order valence-electron chi connectivity index (χ2n) is 7.38. The van der Waals surface area contributed by atoms with E-state index in [0.717, 1.165) is 0 Å². The van der Waals surface area contributed by atoms with Crippen LogP contribution in [0.1, 0.15) is 20.8 Å². The highest BCUT2D eigenvalue weighted by atomic mass is 35.5. The van der Waals surface area contributed by atoms with Gasteiger partial charge in [-0.3, -0.25) is 0 Å². The summed E-state index contributed by atoms with van der Waals surface area (Å²) in [5.74, 6) is 0.398. The molecular weight excluding hydrogens is 511 g/mol. The van der Waals surface area contributed by atoms with Gasteiger partial charge in [0.1, 0.15) is 21.3 Å². The van der Waals surface area contributed by atoms with E-state index in [2.05, 4.69) is 0 Å². The standard InChI is InChI=1S/C21H26Cl2N2O6S2/c1-4-30-18-8-6-16(22)12-20(18)32(26,27)24-10-11-25(15(3)14-24)33(28,29)21-13-17(23)7-9-19(21)31-5-2/h6-9,12-13,15H,4-5,10-11,14H2,1-3H3/t15-/m0/s1. The molecule has 1 aliphatic rings. The Morgan fingerprint density at radius 1 is 0.848 bits per heavy atom. The summed E-state index contributed by atoms with van der Waals surface area (Å²) in [7, 11) is -7.96. The quantitative estimate of drug-likeness (QED) is 0.508. The molecule has 0 saturated carbocycles. The number of hydrogen-bond acceptors (Lipinski definition) is 6. The van der Waals surface area contributed by atoms with Gasteiger partial charge in [-0.15, -0.1) is 0 Å². The molecule has 182 valence electrons. The smallest absolute Gasteiger partial charge is 0.247 e. The zero-order chi connectivity index (χ0) is 24.4. The summed E-state index contributed by atoms with van der Waals surface area (Å²) >= 11 is 12.1. The van der Waals surface area contributed by atoms with Crippen LogP contribution < -0.4 is 9.47 Å². The van der Waals surface area contributed by atoms with Crippen LogP contribution >= 0.6 is 23.2 Å². The molecule has 0 spiro atoms. The van der Waals surface area contributed by atoms with Crippen LogP contribution in [0.3, 0.4) is 0 Å². The highest BCUT2D eigenvalue weighted by molar-refractivity contribution is 7.89. The van der Waals surface area contributed by atoms with E-state index in [1.807, 2.05) is 0 Å². The molecule has 1 atom stereocenters. The molecule has 1 heterocycles. The van der Waals surface area contributed by atoms with Crippen molar-refractivity contribution in [1.82, 2.24) is 8.61 Å². The van der Waals surface area contributed by atoms with Crippen molar-refractivity contribution in [2.75, 3.05) is 32.8 Å². The zero-order valence-corrected chi connectivity index (χ0v) is 21.6. The van der Waals surface area contributed by atoms with Crippen molar-refractivity contribution in [2.45, 2.75) is 36.6 Å². The van der Waals surface area contributed by atoms with Crippen LogP contribution in [-0.2, 0) is 20.0 Å². The van der Waals surface area contributed by atoms with E-state index in [4.69, 9.17) is 32.7 Å². The van der Waals surface area contributed by atoms with Gasteiger partial charge in [0, 0.05) is 35.7 Å². The average Bonchev–Trinajstić information content (AvgIpc) is 2.76. The minimum absolute atomic E-state index is 0.0332. The van der Waals surface area contributed by atoms with Gasteiger partial charge >= 0.3 is 0 Å². The van der Waals surface area contributed by atoms with E-state index in [1.165, 1.54) is 32.9 Å². The summed E-state index contributed by atoms with van der Waals surface area (Å²) in [5, 5.41) is 0.519. The molecule has 1 aliphatic heterocycles. The van der Waals surface area contributed by atoms with E-state index < -0.39 is 26.1 Å². The Morgan fingerprint density at radius 2 is 1.33 bits per heavy atom. The summed E-state index contributed by atoms with van der Waals surface area (Å²) in [5.41, 5.74) is 0. The van der Waals surface area contributed by atoms with Crippen molar-refractivity contribution in [1.29, 1.82) is 0 Å². The third-order valence-corrected chi connectivity index (χ3v) is 9.54. The second-order valence-corrected chi connectivity index (χ2v) is 12.0. The number of sulfonamides is 2. The molecule has 0 aliphatic carbocycles. The van der Waals surface area contributed by atoms with Gasteiger partial charge in [-0.05, 0) is 57.2 Å². The lowest BCUT2D eigenvalue weighted by Crippen LogP contribution is -2.55. The minimum Gasteiger partial charge on any atom is -0.492 e. The van der Waals surface area contributed by atoms with Gasteiger partial charge in [-0.2, -0.15) is 8.61 Å². The highest BCUT2D eigenvalue weighted by Crippen LogP contribution is 2.34. The third-order valence-electron chi connectivity index (χ3n) is 5.14. The molecule has 33 heavy (non-hydrogen) atoms. The number of hydrogen-bond donors (Lipinski definition) is 0. The van der Waals surface area contributed by atoms with Crippen LogP contribution in [0.2, 0.25) is 10.0 Å². The zero-order valence-electron chi connectivity index (χ0n) is 18.5. The number of rotatable bonds is 8. The van der Waals surface area contributed by atoms with E-state index in [-0.39, 0.29) is 64.2 Å². The van der Waals surface area contributed by atoms with Gasteiger partial charge in [-0.1, -0.05) is 23.2 Å².